The number of hydrogen-bond donors (Lipinski definition) is 1. The second-order valence-corrected chi connectivity index (χ2v) is 10.2. The Bertz CT molecular complexity index is 1250. The van der Waals surface area contributed by atoms with Gasteiger partial charge >= 0.3 is 0 Å². The molecule has 0 aliphatic heterocycles. The maximum absolute atomic E-state index is 12.8. The number of benzene rings is 1. The first-order valence-electron chi connectivity index (χ1n) is 8.94. The normalized spacial score (nSPS) is 12.5. The van der Waals surface area contributed by atoms with Crippen LogP contribution in [0.4, 0.5) is 11.4 Å². The number of aromatic hydroxyl groups is 1. The Morgan fingerprint density at radius 3 is 2.26 bits per heavy atom. The fourth-order valence-electron chi connectivity index (χ4n) is 2.77. The van der Waals surface area contributed by atoms with Crippen molar-refractivity contribution in [2.75, 3.05) is 20.0 Å². The average Bonchev–Trinajstić information content (AvgIpc) is 2.67. The minimum atomic E-state index is -4.76. The molecular weight excluding hydrogens is 450 g/mol. The van der Waals surface area contributed by atoms with E-state index < -0.39 is 37.1 Å². The first kappa shape index (κ1) is 24.7. The van der Waals surface area contributed by atoms with Gasteiger partial charge in [-0.25, -0.2) is 16.8 Å². The first-order chi connectivity index (χ1) is 14.3. The SMILES string of the molecule is COCCCn1c(O)c(CS(=O)(=O)[O-])c(C)c(N=Nc2ccc(S(C)(=O)=O)cc2)c1=O. The molecule has 0 unspecified atom stereocenters. The number of rotatable bonds is 9. The molecule has 0 fully saturated rings. The zero-order valence-electron chi connectivity index (χ0n) is 17.1. The van der Waals surface area contributed by atoms with Crippen LogP contribution in [-0.2, 0) is 37.0 Å². The van der Waals surface area contributed by atoms with Crippen LogP contribution in [0.3, 0.4) is 0 Å². The summed E-state index contributed by atoms with van der Waals surface area (Å²) in [6, 6.07) is 5.42. The molecule has 11 nitrogen and oxygen atoms in total. The van der Waals surface area contributed by atoms with Crippen molar-refractivity contribution < 1.29 is 31.2 Å². The molecule has 0 saturated heterocycles. The van der Waals surface area contributed by atoms with Crippen molar-refractivity contribution in [3.8, 4) is 5.88 Å². The molecule has 0 saturated carbocycles. The highest BCUT2D eigenvalue weighted by Gasteiger charge is 2.20. The maximum Gasteiger partial charge on any atom is 0.281 e. The maximum atomic E-state index is 12.8. The molecule has 0 amide bonds. The molecular formula is C18H22N3O8S2-. The van der Waals surface area contributed by atoms with Gasteiger partial charge in [-0.1, -0.05) is 0 Å². The minimum Gasteiger partial charge on any atom is -0.748 e. The van der Waals surface area contributed by atoms with Crippen molar-refractivity contribution in [3.63, 3.8) is 0 Å². The van der Waals surface area contributed by atoms with E-state index in [1.165, 1.54) is 38.3 Å². The Kier molecular flexibility index (Phi) is 7.70. The van der Waals surface area contributed by atoms with Gasteiger partial charge in [-0.15, -0.1) is 5.11 Å². The average molecular weight is 473 g/mol. The van der Waals surface area contributed by atoms with Crippen LogP contribution in [0, 0.1) is 6.92 Å². The summed E-state index contributed by atoms with van der Waals surface area (Å²) in [6.07, 6.45) is 1.39. The summed E-state index contributed by atoms with van der Waals surface area (Å²) >= 11 is 0. The Labute approximate surface area is 179 Å². The number of ether oxygens (including phenoxy) is 1. The smallest absolute Gasteiger partial charge is 0.281 e. The lowest BCUT2D eigenvalue weighted by Crippen LogP contribution is -2.23. The van der Waals surface area contributed by atoms with E-state index in [0.29, 0.717) is 6.42 Å². The predicted molar refractivity (Wildman–Crippen MR) is 111 cm³/mol. The Hall–Kier alpha value is -2.61. The highest BCUT2D eigenvalue weighted by molar-refractivity contribution is 7.90. The third-order valence-corrected chi connectivity index (χ3v) is 6.13. The van der Waals surface area contributed by atoms with Crippen molar-refractivity contribution in [1.82, 2.24) is 4.57 Å². The number of hydrogen-bond acceptors (Lipinski definition) is 10. The van der Waals surface area contributed by atoms with Crippen LogP contribution < -0.4 is 5.56 Å². The Morgan fingerprint density at radius 1 is 1.13 bits per heavy atom. The lowest BCUT2D eigenvalue weighted by atomic mass is 10.1. The first-order valence-corrected chi connectivity index (χ1v) is 12.4. The van der Waals surface area contributed by atoms with Gasteiger partial charge in [0.15, 0.2) is 21.4 Å². The number of methoxy groups -OCH3 is 1. The Morgan fingerprint density at radius 2 is 1.74 bits per heavy atom. The van der Waals surface area contributed by atoms with Gasteiger partial charge in [0.05, 0.1) is 26.5 Å². The molecule has 170 valence electrons. The van der Waals surface area contributed by atoms with E-state index in [1.54, 1.807) is 0 Å². The van der Waals surface area contributed by atoms with Crippen LogP contribution >= 0.6 is 0 Å². The molecule has 1 N–H and O–H groups in total. The van der Waals surface area contributed by atoms with Gasteiger partial charge < -0.3 is 14.4 Å². The monoisotopic (exact) mass is 472 g/mol. The van der Waals surface area contributed by atoms with Gasteiger partial charge in [0, 0.05) is 32.1 Å². The number of nitrogens with zero attached hydrogens (tertiary/aromatic N) is 3. The molecule has 0 aliphatic rings. The summed E-state index contributed by atoms with van der Waals surface area (Å²) in [6.45, 7) is 1.62. The van der Waals surface area contributed by atoms with Crippen LogP contribution in [0.2, 0.25) is 0 Å². The topological polar surface area (TPSA) is 168 Å². The van der Waals surface area contributed by atoms with Crippen LogP contribution in [0.5, 0.6) is 5.88 Å². The van der Waals surface area contributed by atoms with Gasteiger partial charge in [0.2, 0.25) is 0 Å². The number of azo groups is 1. The zero-order chi connectivity index (χ0) is 23.4. The third kappa shape index (κ3) is 6.43. The second-order valence-electron chi connectivity index (χ2n) is 6.75. The van der Waals surface area contributed by atoms with Crippen LogP contribution in [0.1, 0.15) is 17.5 Å². The minimum absolute atomic E-state index is 0.00132. The Balaban J connectivity index is 2.56. The molecule has 0 aliphatic carbocycles. The van der Waals surface area contributed by atoms with Gasteiger partial charge in [-0.05, 0) is 43.2 Å². The van der Waals surface area contributed by atoms with Gasteiger partial charge in [-0.2, -0.15) is 5.11 Å². The molecule has 0 spiro atoms. The zero-order valence-corrected chi connectivity index (χ0v) is 18.7. The third-order valence-electron chi connectivity index (χ3n) is 4.36. The summed E-state index contributed by atoms with van der Waals surface area (Å²) in [5, 5.41) is 18.2. The molecule has 1 aromatic heterocycles. The molecule has 0 radical (unpaired) electrons. The molecule has 2 aromatic rings. The van der Waals surface area contributed by atoms with Crippen molar-refractivity contribution in [2.24, 2.45) is 10.2 Å². The van der Waals surface area contributed by atoms with Crippen LogP contribution in [0.25, 0.3) is 0 Å². The van der Waals surface area contributed by atoms with Crippen LogP contribution in [0.15, 0.2) is 44.2 Å². The summed E-state index contributed by atoms with van der Waals surface area (Å²) in [5.41, 5.74) is -0.978. The molecule has 0 bridgehead atoms. The standard InChI is InChI=1S/C18H23N3O8S2/c1-12-15(11-31(26,27)28)17(22)21(9-4-10-29-2)18(23)16(12)20-19-13-5-7-14(8-6-13)30(3,24)25/h5-8,22H,4,9-11H2,1-3H3,(H,26,27,28)/p-1. The summed E-state index contributed by atoms with van der Waals surface area (Å²) in [7, 11) is -6.69. The number of sulfone groups is 1. The fourth-order valence-corrected chi connectivity index (χ4v) is 4.10. The van der Waals surface area contributed by atoms with Crippen molar-refractivity contribution in [3.05, 3.63) is 45.7 Å². The summed E-state index contributed by atoms with van der Waals surface area (Å²) < 4.78 is 62.8. The molecule has 0 atom stereocenters. The van der Waals surface area contributed by atoms with E-state index >= 15 is 0 Å². The predicted octanol–water partition coefficient (Wildman–Crippen LogP) is 1.76. The number of pyridine rings is 1. The van der Waals surface area contributed by atoms with E-state index in [1.807, 2.05) is 0 Å². The highest BCUT2D eigenvalue weighted by atomic mass is 32.2. The lowest BCUT2D eigenvalue weighted by Gasteiger charge is -2.17. The van der Waals surface area contributed by atoms with Crippen molar-refractivity contribution >= 4 is 31.3 Å². The number of aromatic nitrogens is 1. The van der Waals surface area contributed by atoms with E-state index in [-0.39, 0.29) is 40.5 Å². The molecule has 1 aromatic carbocycles. The highest BCUT2D eigenvalue weighted by Crippen LogP contribution is 2.29. The van der Waals surface area contributed by atoms with Gasteiger partial charge in [0.25, 0.3) is 5.56 Å². The fraction of sp³-hybridized carbons (Fsp3) is 0.389. The molecule has 1 heterocycles. The largest absolute Gasteiger partial charge is 0.748 e. The second kappa shape index (κ2) is 9.68. The van der Waals surface area contributed by atoms with Crippen molar-refractivity contribution in [2.45, 2.75) is 30.5 Å². The molecule has 31 heavy (non-hydrogen) atoms. The van der Waals surface area contributed by atoms with E-state index in [0.717, 1.165) is 10.8 Å². The quantitative estimate of drug-likeness (QED) is 0.327. The van der Waals surface area contributed by atoms with Crippen LogP contribution in [-0.4, -0.2) is 51.0 Å². The van der Waals surface area contributed by atoms with E-state index in [2.05, 4.69) is 10.2 Å². The van der Waals surface area contributed by atoms with E-state index in [9.17, 15) is 31.3 Å². The molecule has 13 heteroatoms. The lowest BCUT2D eigenvalue weighted by molar-refractivity contribution is 0.188. The van der Waals surface area contributed by atoms with Gasteiger partial charge in [0.1, 0.15) is 0 Å². The summed E-state index contributed by atoms with van der Waals surface area (Å²) in [5.74, 6) is -1.66. The molecule has 2 rings (SSSR count). The van der Waals surface area contributed by atoms with E-state index in [4.69, 9.17) is 4.74 Å². The van der Waals surface area contributed by atoms with Gasteiger partial charge in [-0.3, -0.25) is 9.36 Å². The van der Waals surface area contributed by atoms with Crippen molar-refractivity contribution in [1.29, 1.82) is 0 Å². The summed E-state index contributed by atoms with van der Waals surface area (Å²) in [4.78, 5) is 12.9.